The first-order valence-corrected chi connectivity index (χ1v) is 7.40. The van der Waals surface area contributed by atoms with Gasteiger partial charge in [0, 0.05) is 17.0 Å². The van der Waals surface area contributed by atoms with Crippen molar-refractivity contribution in [1.29, 1.82) is 5.26 Å². The van der Waals surface area contributed by atoms with Crippen LogP contribution in [0.5, 0.6) is 0 Å². The van der Waals surface area contributed by atoms with Gasteiger partial charge in [0.1, 0.15) is 0 Å². The Morgan fingerprint density at radius 1 is 1.40 bits per heavy atom. The zero-order valence-corrected chi connectivity index (χ0v) is 12.2. The van der Waals surface area contributed by atoms with Crippen LogP contribution in [0, 0.1) is 18.3 Å². The second-order valence-corrected chi connectivity index (χ2v) is 5.65. The number of rotatable bonds is 5. The Kier molecular flexibility index (Phi) is 4.91. The van der Waals surface area contributed by atoms with Gasteiger partial charge in [0.2, 0.25) is 5.91 Å². The van der Waals surface area contributed by atoms with Crippen LogP contribution in [0.15, 0.2) is 35.7 Å². The van der Waals surface area contributed by atoms with E-state index < -0.39 is 0 Å². The Balaban J connectivity index is 1.86. The summed E-state index contributed by atoms with van der Waals surface area (Å²) in [5, 5.41) is 13.8. The lowest BCUT2D eigenvalue weighted by molar-refractivity contribution is -0.116. The van der Waals surface area contributed by atoms with Crippen LogP contribution < -0.4 is 5.32 Å². The average Bonchev–Trinajstić information content (AvgIpc) is 2.94. The Hall–Kier alpha value is -2.12. The van der Waals surface area contributed by atoms with E-state index in [1.807, 2.05) is 24.4 Å². The molecule has 20 heavy (non-hydrogen) atoms. The van der Waals surface area contributed by atoms with Crippen molar-refractivity contribution in [3.63, 3.8) is 0 Å². The third-order valence-corrected chi connectivity index (χ3v) is 3.98. The van der Waals surface area contributed by atoms with E-state index in [0.29, 0.717) is 12.0 Å². The van der Waals surface area contributed by atoms with Crippen LogP contribution in [0.3, 0.4) is 0 Å². The van der Waals surface area contributed by atoms with E-state index in [2.05, 4.69) is 17.5 Å². The summed E-state index contributed by atoms with van der Waals surface area (Å²) in [4.78, 5) is 13.2. The first-order valence-electron chi connectivity index (χ1n) is 6.52. The predicted octanol–water partition coefficient (Wildman–Crippen LogP) is 3.89. The molecule has 0 spiro atoms. The molecule has 2 aromatic rings. The van der Waals surface area contributed by atoms with E-state index in [-0.39, 0.29) is 5.91 Å². The van der Waals surface area contributed by atoms with Crippen molar-refractivity contribution in [2.75, 3.05) is 5.32 Å². The van der Waals surface area contributed by atoms with E-state index >= 15 is 0 Å². The van der Waals surface area contributed by atoms with Crippen molar-refractivity contribution in [3.8, 4) is 6.07 Å². The lowest BCUT2D eigenvalue weighted by Gasteiger charge is -2.08. The van der Waals surface area contributed by atoms with Gasteiger partial charge in [-0.3, -0.25) is 4.79 Å². The highest BCUT2D eigenvalue weighted by Crippen LogP contribution is 2.17. The quantitative estimate of drug-likeness (QED) is 0.905. The standard InChI is InChI=1S/C16H16N2OS/c1-12-7-8-13(11-17)10-15(12)18-16(19)6-2-4-14-5-3-9-20-14/h3,5,7-10H,2,4,6H2,1H3,(H,18,19). The molecule has 0 aliphatic carbocycles. The third-order valence-electron chi connectivity index (χ3n) is 3.05. The van der Waals surface area contributed by atoms with Crippen LogP contribution in [0.4, 0.5) is 5.69 Å². The number of amides is 1. The van der Waals surface area contributed by atoms with Crippen LogP contribution in [0.2, 0.25) is 0 Å². The van der Waals surface area contributed by atoms with E-state index in [4.69, 9.17) is 5.26 Å². The largest absolute Gasteiger partial charge is 0.326 e. The summed E-state index contributed by atoms with van der Waals surface area (Å²) in [7, 11) is 0. The van der Waals surface area contributed by atoms with Crippen molar-refractivity contribution in [1.82, 2.24) is 0 Å². The number of nitriles is 1. The summed E-state index contributed by atoms with van der Waals surface area (Å²) in [5.74, 6) is -0.000235. The van der Waals surface area contributed by atoms with Gasteiger partial charge in [-0.1, -0.05) is 12.1 Å². The van der Waals surface area contributed by atoms with Crippen LogP contribution in [-0.4, -0.2) is 5.91 Å². The second kappa shape index (κ2) is 6.88. The molecular formula is C16H16N2OS. The highest BCUT2D eigenvalue weighted by molar-refractivity contribution is 7.09. The fourth-order valence-electron chi connectivity index (χ4n) is 1.92. The molecule has 0 fully saturated rings. The molecule has 0 atom stereocenters. The first kappa shape index (κ1) is 14.3. The molecule has 4 heteroatoms. The second-order valence-electron chi connectivity index (χ2n) is 4.62. The molecule has 2 rings (SSSR count). The number of aryl methyl sites for hydroxylation is 2. The fraction of sp³-hybridized carbons (Fsp3) is 0.250. The topological polar surface area (TPSA) is 52.9 Å². The van der Waals surface area contributed by atoms with Crippen molar-refractivity contribution in [3.05, 3.63) is 51.7 Å². The number of hydrogen-bond donors (Lipinski definition) is 1. The molecule has 0 aliphatic heterocycles. The normalized spacial score (nSPS) is 10.0. The number of carbonyl (C=O) groups excluding carboxylic acids is 1. The van der Waals surface area contributed by atoms with Crippen LogP contribution in [0.1, 0.15) is 28.8 Å². The van der Waals surface area contributed by atoms with Crippen molar-refractivity contribution < 1.29 is 4.79 Å². The number of carbonyl (C=O) groups is 1. The Labute approximate surface area is 122 Å². The molecule has 0 radical (unpaired) electrons. The van der Waals surface area contributed by atoms with E-state index in [1.165, 1.54) is 4.88 Å². The van der Waals surface area contributed by atoms with Gasteiger partial charge in [-0.15, -0.1) is 11.3 Å². The molecule has 3 nitrogen and oxygen atoms in total. The SMILES string of the molecule is Cc1ccc(C#N)cc1NC(=O)CCCc1cccs1. The van der Waals surface area contributed by atoms with Gasteiger partial charge in [-0.25, -0.2) is 0 Å². The van der Waals surface area contributed by atoms with Gasteiger partial charge < -0.3 is 5.32 Å². The van der Waals surface area contributed by atoms with Crippen molar-refractivity contribution >= 4 is 22.9 Å². The molecule has 0 saturated carbocycles. The summed E-state index contributed by atoms with van der Waals surface area (Å²) < 4.78 is 0. The van der Waals surface area contributed by atoms with E-state index in [0.717, 1.165) is 24.1 Å². The summed E-state index contributed by atoms with van der Waals surface area (Å²) in [6.07, 6.45) is 2.26. The maximum Gasteiger partial charge on any atom is 0.224 e. The minimum absolute atomic E-state index is 0.000235. The molecule has 102 valence electrons. The highest BCUT2D eigenvalue weighted by atomic mass is 32.1. The lowest BCUT2D eigenvalue weighted by Crippen LogP contribution is -2.12. The summed E-state index contributed by atoms with van der Waals surface area (Å²) >= 11 is 1.72. The molecular weight excluding hydrogens is 268 g/mol. The monoisotopic (exact) mass is 284 g/mol. The lowest BCUT2D eigenvalue weighted by atomic mass is 10.1. The minimum atomic E-state index is -0.000235. The molecule has 1 aromatic carbocycles. The fourth-order valence-corrected chi connectivity index (χ4v) is 2.67. The minimum Gasteiger partial charge on any atom is -0.326 e. The molecule has 0 unspecified atom stereocenters. The summed E-state index contributed by atoms with van der Waals surface area (Å²) in [5.41, 5.74) is 2.25. The number of nitrogens with one attached hydrogen (secondary N) is 1. The number of anilines is 1. The first-order chi connectivity index (χ1) is 9.69. The average molecular weight is 284 g/mol. The number of hydrogen-bond acceptors (Lipinski definition) is 3. The smallest absolute Gasteiger partial charge is 0.224 e. The molecule has 1 N–H and O–H groups in total. The maximum atomic E-state index is 11.9. The van der Waals surface area contributed by atoms with Gasteiger partial charge in [-0.05, 0) is 48.9 Å². The van der Waals surface area contributed by atoms with E-state index in [1.54, 1.807) is 23.5 Å². The number of benzene rings is 1. The molecule has 0 bridgehead atoms. The van der Waals surface area contributed by atoms with Crippen LogP contribution in [0.25, 0.3) is 0 Å². The third kappa shape index (κ3) is 3.94. The van der Waals surface area contributed by atoms with E-state index in [9.17, 15) is 4.79 Å². The van der Waals surface area contributed by atoms with Crippen LogP contribution >= 0.6 is 11.3 Å². The Morgan fingerprint density at radius 3 is 2.95 bits per heavy atom. The Bertz CT molecular complexity index is 626. The summed E-state index contributed by atoms with van der Waals surface area (Å²) in [6, 6.07) is 11.5. The molecule has 0 aliphatic rings. The Morgan fingerprint density at radius 2 is 2.25 bits per heavy atom. The molecule has 1 heterocycles. The highest BCUT2D eigenvalue weighted by Gasteiger charge is 2.06. The van der Waals surface area contributed by atoms with Gasteiger partial charge in [-0.2, -0.15) is 5.26 Å². The van der Waals surface area contributed by atoms with Gasteiger partial charge >= 0.3 is 0 Å². The molecule has 0 saturated heterocycles. The zero-order chi connectivity index (χ0) is 14.4. The molecule has 1 aromatic heterocycles. The number of nitrogens with zero attached hydrogens (tertiary/aromatic N) is 1. The predicted molar refractivity (Wildman–Crippen MR) is 81.8 cm³/mol. The zero-order valence-electron chi connectivity index (χ0n) is 11.3. The molecule has 1 amide bonds. The van der Waals surface area contributed by atoms with Crippen molar-refractivity contribution in [2.24, 2.45) is 0 Å². The van der Waals surface area contributed by atoms with Gasteiger partial charge in [0.25, 0.3) is 0 Å². The van der Waals surface area contributed by atoms with Gasteiger partial charge in [0.15, 0.2) is 0 Å². The van der Waals surface area contributed by atoms with Crippen molar-refractivity contribution in [2.45, 2.75) is 26.2 Å². The van der Waals surface area contributed by atoms with Crippen LogP contribution in [-0.2, 0) is 11.2 Å². The maximum absolute atomic E-state index is 11.9. The number of thiophene rings is 1. The van der Waals surface area contributed by atoms with Gasteiger partial charge in [0.05, 0.1) is 11.6 Å². The summed E-state index contributed by atoms with van der Waals surface area (Å²) in [6.45, 7) is 1.92.